The van der Waals surface area contributed by atoms with Crippen molar-refractivity contribution in [2.24, 2.45) is 5.92 Å². The summed E-state index contributed by atoms with van der Waals surface area (Å²) in [6, 6.07) is 7.36. The molecule has 1 aliphatic rings. The molecule has 1 amide bonds. The van der Waals surface area contributed by atoms with Gasteiger partial charge in [0.25, 0.3) is 0 Å². The Morgan fingerprint density at radius 2 is 1.83 bits per heavy atom. The molecule has 1 N–H and O–H groups in total. The predicted molar refractivity (Wildman–Crippen MR) is 70.8 cm³/mol. The lowest BCUT2D eigenvalue weighted by Gasteiger charge is -2.29. The van der Waals surface area contributed by atoms with E-state index < -0.39 is 6.09 Å². The summed E-state index contributed by atoms with van der Waals surface area (Å²) in [5.74, 6) is 0.0341. The molecule has 0 radical (unpaired) electrons. The van der Waals surface area contributed by atoms with Gasteiger partial charge in [0.05, 0.1) is 0 Å². The molecule has 1 heterocycles. The van der Waals surface area contributed by atoms with Crippen LogP contribution in [0.1, 0.15) is 23.2 Å². The number of halogens is 1. The van der Waals surface area contributed by atoms with Crippen molar-refractivity contribution >= 4 is 27.8 Å². The van der Waals surface area contributed by atoms with Crippen LogP contribution in [0.3, 0.4) is 0 Å². The van der Waals surface area contributed by atoms with Crippen LogP contribution >= 0.6 is 15.9 Å². The number of piperidine rings is 1. The Labute approximate surface area is 114 Å². The third kappa shape index (κ3) is 2.72. The normalized spacial score (nSPS) is 16.6. The summed E-state index contributed by atoms with van der Waals surface area (Å²) in [6.45, 7) is 0.881. The number of hydrogen-bond donors (Lipinski definition) is 1. The molecule has 0 saturated carbocycles. The second kappa shape index (κ2) is 5.52. The molecule has 0 atom stereocenters. The molecule has 0 unspecified atom stereocenters. The third-order valence-corrected chi connectivity index (χ3v) is 3.97. The number of likely N-dealkylation sites (tertiary alicyclic amines) is 1. The maximum atomic E-state index is 12.3. The van der Waals surface area contributed by atoms with Gasteiger partial charge in [-0.05, 0) is 18.9 Å². The van der Waals surface area contributed by atoms with Gasteiger partial charge < -0.3 is 10.0 Å². The number of hydrogen-bond acceptors (Lipinski definition) is 2. The van der Waals surface area contributed by atoms with Crippen LogP contribution < -0.4 is 0 Å². The molecule has 5 heteroatoms. The molecule has 18 heavy (non-hydrogen) atoms. The van der Waals surface area contributed by atoms with Crippen LogP contribution in [0.25, 0.3) is 0 Å². The van der Waals surface area contributed by atoms with Crippen molar-refractivity contribution in [1.82, 2.24) is 4.90 Å². The Hall–Kier alpha value is -1.36. The summed E-state index contributed by atoms with van der Waals surface area (Å²) in [6.07, 6.45) is 0.306. The van der Waals surface area contributed by atoms with E-state index in [2.05, 4.69) is 15.9 Å². The maximum Gasteiger partial charge on any atom is 0.407 e. The van der Waals surface area contributed by atoms with E-state index in [0.29, 0.717) is 31.5 Å². The first kappa shape index (κ1) is 13.1. The minimum Gasteiger partial charge on any atom is -0.465 e. The molecule has 1 saturated heterocycles. The molecule has 1 aromatic rings. The third-order valence-electron chi connectivity index (χ3n) is 3.28. The summed E-state index contributed by atoms with van der Waals surface area (Å²) in [4.78, 5) is 24.5. The van der Waals surface area contributed by atoms with Crippen molar-refractivity contribution in [2.45, 2.75) is 12.8 Å². The van der Waals surface area contributed by atoms with Gasteiger partial charge in [-0.25, -0.2) is 4.79 Å². The molecule has 96 valence electrons. The van der Waals surface area contributed by atoms with E-state index in [9.17, 15) is 9.59 Å². The van der Waals surface area contributed by atoms with Gasteiger partial charge in [0.15, 0.2) is 5.78 Å². The second-order valence-corrected chi connectivity index (χ2v) is 5.24. The zero-order valence-corrected chi connectivity index (χ0v) is 11.4. The monoisotopic (exact) mass is 311 g/mol. The van der Waals surface area contributed by atoms with E-state index in [1.807, 2.05) is 18.2 Å². The Balaban J connectivity index is 2.04. The highest BCUT2D eigenvalue weighted by molar-refractivity contribution is 9.10. The van der Waals surface area contributed by atoms with Crippen LogP contribution in [0.5, 0.6) is 0 Å². The minimum atomic E-state index is -0.901. The fraction of sp³-hybridized carbons (Fsp3) is 0.385. The number of carbonyl (C=O) groups is 2. The highest BCUT2D eigenvalue weighted by Crippen LogP contribution is 2.25. The zero-order valence-electron chi connectivity index (χ0n) is 9.80. The molecule has 2 rings (SSSR count). The molecule has 0 aliphatic carbocycles. The Kier molecular flexibility index (Phi) is 4.01. The van der Waals surface area contributed by atoms with Crippen molar-refractivity contribution < 1.29 is 14.7 Å². The predicted octanol–water partition coefficient (Wildman–Crippen LogP) is 3.02. The minimum absolute atomic E-state index is 0.0701. The molecule has 1 fully saturated rings. The van der Waals surface area contributed by atoms with Gasteiger partial charge in [0, 0.05) is 29.0 Å². The number of amides is 1. The van der Waals surface area contributed by atoms with Gasteiger partial charge in [-0.15, -0.1) is 0 Å². The van der Waals surface area contributed by atoms with E-state index >= 15 is 0 Å². The van der Waals surface area contributed by atoms with Crippen molar-refractivity contribution in [2.75, 3.05) is 13.1 Å². The number of nitrogens with zero attached hydrogens (tertiary/aromatic N) is 1. The number of carboxylic acid groups (broad SMARTS) is 1. The molecular formula is C13H14BrNO3. The molecule has 1 aromatic carbocycles. The highest BCUT2D eigenvalue weighted by atomic mass is 79.9. The van der Waals surface area contributed by atoms with Crippen LogP contribution in [0.4, 0.5) is 4.79 Å². The van der Waals surface area contributed by atoms with Gasteiger partial charge in [-0.2, -0.15) is 0 Å². The van der Waals surface area contributed by atoms with Crippen LogP contribution in [-0.4, -0.2) is 35.0 Å². The lowest BCUT2D eigenvalue weighted by molar-refractivity contribution is 0.0820. The Bertz CT molecular complexity index is 467. The van der Waals surface area contributed by atoms with Crippen molar-refractivity contribution in [3.8, 4) is 0 Å². The summed E-state index contributed by atoms with van der Waals surface area (Å²) >= 11 is 3.37. The van der Waals surface area contributed by atoms with Crippen LogP contribution in [0.2, 0.25) is 0 Å². The summed E-state index contributed by atoms with van der Waals surface area (Å²) in [5, 5.41) is 8.86. The van der Waals surface area contributed by atoms with Gasteiger partial charge in [-0.3, -0.25) is 4.79 Å². The number of benzene rings is 1. The van der Waals surface area contributed by atoms with Crippen LogP contribution in [-0.2, 0) is 0 Å². The largest absolute Gasteiger partial charge is 0.465 e. The maximum absolute atomic E-state index is 12.3. The summed E-state index contributed by atoms with van der Waals surface area (Å²) in [7, 11) is 0. The SMILES string of the molecule is O=C(c1ccccc1Br)C1CCN(C(=O)O)CC1. The van der Waals surface area contributed by atoms with E-state index in [-0.39, 0.29) is 11.7 Å². The topological polar surface area (TPSA) is 57.6 Å². The van der Waals surface area contributed by atoms with Crippen LogP contribution in [0, 0.1) is 5.92 Å². The number of carbonyl (C=O) groups excluding carboxylic acids is 1. The average molecular weight is 312 g/mol. The molecule has 0 spiro atoms. The van der Waals surface area contributed by atoms with E-state index in [1.54, 1.807) is 6.07 Å². The molecule has 0 aromatic heterocycles. The fourth-order valence-corrected chi connectivity index (χ4v) is 2.69. The molecule has 0 bridgehead atoms. The van der Waals surface area contributed by atoms with Crippen molar-refractivity contribution in [3.63, 3.8) is 0 Å². The molecule has 4 nitrogen and oxygen atoms in total. The quantitative estimate of drug-likeness (QED) is 0.854. The Morgan fingerprint density at radius 3 is 2.39 bits per heavy atom. The average Bonchev–Trinajstić information content (AvgIpc) is 2.38. The number of rotatable bonds is 2. The first-order valence-corrected chi connectivity index (χ1v) is 6.65. The Morgan fingerprint density at radius 1 is 1.22 bits per heavy atom. The van der Waals surface area contributed by atoms with Gasteiger partial charge in [-0.1, -0.05) is 34.1 Å². The number of ketones is 1. The lowest BCUT2D eigenvalue weighted by atomic mass is 9.89. The summed E-state index contributed by atoms with van der Waals surface area (Å²) in [5.41, 5.74) is 0.686. The van der Waals surface area contributed by atoms with Crippen molar-refractivity contribution in [3.05, 3.63) is 34.3 Å². The lowest BCUT2D eigenvalue weighted by Crippen LogP contribution is -2.39. The van der Waals surface area contributed by atoms with Gasteiger partial charge >= 0.3 is 6.09 Å². The second-order valence-electron chi connectivity index (χ2n) is 4.39. The van der Waals surface area contributed by atoms with Gasteiger partial charge in [0.2, 0.25) is 0 Å². The van der Waals surface area contributed by atoms with E-state index in [0.717, 1.165) is 4.47 Å². The van der Waals surface area contributed by atoms with E-state index in [4.69, 9.17) is 5.11 Å². The highest BCUT2D eigenvalue weighted by Gasteiger charge is 2.28. The molecular weight excluding hydrogens is 298 g/mol. The fourth-order valence-electron chi connectivity index (χ4n) is 2.21. The van der Waals surface area contributed by atoms with Crippen LogP contribution in [0.15, 0.2) is 28.7 Å². The standard InChI is InChI=1S/C13H14BrNO3/c14-11-4-2-1-3-10(11)12(16)9-5-7-15(8-6-9)13(17)18/h1-4,9H,5-8H2,(H,17,18). The smallest absolute Gasteiger partial charge is 0.407 e. The first-order valence-electron chi connectivity index (χ1n) is 5.86. The molecule has 1 aliphatic heterocycles. The van der Waals surface area contributed by atoms with Gasteiger partial charge in [0.1, 0.15) is 0 Å². The number of Topliss-reactive ketones (excluding diaryl/α,β-unsaturated/α-hetero) is 1. The van der Waals surface area contributed by atoms with E-state index in [1.165, 1.54) is 4.90 Å². The first-order chi connectivity index (χ1) is 8.59. The van der Waals surface area contributed by atoms with Crippen molar-refractivity contribution in [1.29, 1.82) is 0 Å². The summed E-state index contributed by atoms with van der Waals surface area (Å²) < 4.78 is 0.802. The zero-order chi connectivity index (χ0) is 13.1.